The lowest BCUT2D eigenvalue weighted by atomic mass is 9.95. The molecule has 8 heteroatoms. The van der Waals surface area contributed by atoms with E-state index in [4.69, 9.17) is 10.7 Å². The maximum atomic E-state index is 13.6. The number of carbonyl (C=O) groups is 1. The van der Waals surface area contributed by atoms with Gasteiger partial charge in [0, 0.05) is 20.7 Å². The first-order valence-electron chi connectivity index (χ1n) is 6.30. The Hall–Kier alpha value is -0.660. The average Bonchev–Trinajstić information content (AvgIpc) is 2.36. The summed E-state index contributed by atoms with van der Waals surface area (Å²) in [6, 6.07) is 1.85. The van der Waals surface area contributed by atoms with Crippen LogP contribution in [-0.4, -0.2) is 19.9 Å². The minimum absolute atomic E-state index is 0.0174. The van der Waals surface area contributed by atoms with E-state index in [0.29, 0.717) is 12.8 Å². The Bertz CT molecular complexity index is 660. The molecule has 1 aromatic rings. The van der Waals surface area contributed by atoms with Crippen molar-refractivity contribution in [2.24, 2.45) is 0 Å². The third kappa shape index (κ3) is 4.40. The summed E-state index contributed by atoms with van der Waals surface area (Å²) in [5.41, 5.74) is -0.408. The first kappa shape index (κ1) is 18.4. The number of hydrogen-bond donors (Lipinski definition) is 1. The Morgan fingerprint density at radius 2 is 1.90 bits per heavy atom. The molecule has 0 bridgehead atoms. The first-order chi connectivity index (χ1) is 9.54. The molecule has 0 heterocycles. The van der Waals surface area contributed by atoms with Crippen LogP contribution in [0.2, 0.25) is 0 Å². The van der Waals surface area contributed by atoms with E-state index in [1.807, 2.05) is 20.8 Å². The van der Waals surface area contributed by atoms with Gasteiger partial charge in [-0.2, -0.15) is 0 Å². The molecule has 21 heavy (non-hydrogen) atoms. The number of benzene rings is 1. The highest BCUT2D eigenvalue weighted by Gasteiger charge is 2.26. The molecule has 1 aromatic carbocycles. The van der Waals surface area contributed by atoms with Gasteiger partial charge >= 0.3 is 0 Å². The molecule has 0 unspecified atom stereocenters. The van der Waals surface area contributed by atoms with Gasteiger partial charge in [0.1, 0.15) is 10.7 Å². The monoisotopic (exact) mass is 399 g/mol. The third-order valence-electron chi connectivity index (χ3n) is 3.50. The minimum Gasteiger partial charge on any atom is -0.347 e. The summed E-state index contributed by atoms with van der Waals surface area (Å²) in [5, 5.41) is 2.82. The normalized spacial score (nSPS) is 12.3. The van der Waals surface area contributed by atoms with Crippen molar-refractivity contribution in [3.8, 4) is 0 Å². The highest BCUT2D eigenvalue weighted by Crippen LogP contribution is 2.27. The van der Waals surface area contributed by atoms with Gasteiger partial charge in [-0.3, -0.25) is 4.79 Å². The van der Waals surface area contributed by atoms with Gasteiger partial charge < -0.3 is 5.32 Å². The quantitative estimate of drug-likeness (QED) is 0.764. The van der Waals surface area contributed by atoms with Crippen molar-refractivity contribution >= 4 is 41.6 Å². The summed E-state index contributed by atoms with van der Waals surface area (Å²) in [7, 11) is 0.901. The lowest BCUT2D eigenvalue weighted by Gasteiger charge is -2.28. The molecule has 4 nitrogen and oxygen atoms in total. The maximum absolute atomic E-state index is 13.6. The van der Waals surface area contributed by atoms with E-state index in [-0.39, 0.29) is 10.0 Å². The molecule has 0 radical (unpaired) electrons. The van der Waals surface area contributed by atoms with E-state index in [2.05, 4.69) is 21.2 Å². The van der Waals surface area contributed by atoms with Crippen molar-refractivity contribution in [3.63, 3.8) is 0 Å². The minimum atomic E-state index is -4.26. The molecule has 118 valence electrons. The summed E-state index contributed by atoms with van der Waals surface area (Å²) in [5.74, 6) is -1.50. The Morgan fingerprint density at radius 1 is 1.38 bits per heavy atom. The van der Waals surface area contributed by atoms with Crippen molar-refractivity contribution in [2.75, 3.05) is 0 Å². The second-order valence-electron chi connectivity index (χ2n) is 4.92. The fraction of sp³-hybridized carbons (Fsp3) is 0.462. The Balaban J connectivity index is 3.28. The van der Waals surface area contributed by atoms with Crippen molar-refractivity contribution in [1.82, 2.24) is 5.32 Å². The van der Waals surface area contributed by atoms with Gasteiger partial charge in [-0.15, -0.1) is 0 Å². The highest BCUT2D eigenvalue weighted by molar-refractivity contribution is 9.10. The predicted molar refractivity (Wildman–Crippen MR) is 83.6 cm³/mol. The summed E-state index contributed by atoms with van der Waals surface area (Å²) in [4.78, 5) is 11.6. The molecule has 0 spiro atoms. The standard InChI is InChI=1S/C13H16BrClFNO3S/c1-4-13(3,5-2)17-12(18)8-6-11(21(15,19)20)10(16)7-9(8)14/h6-7H,4-5H2,1-3H3,(H,17,18). The van der Waals surface area contributed by atoms with Crippen LogP contribution in [0.1, 0.15) is 44.0 Å². The highest BCUT2D eigenvalue weighted by atomic mass is 79.9. The Labute approximate surface area is 136 Å². The molecule has 0 aliphatic carbocycles. The van der Waals surface area contributed by atoms with E-state index in [1.165, 1.54) is 0 Å². The number of carbonyl (C=O) groups excluding carboxylic acids is 1. The molecule has 1 amide bonds. The average molecular weight is 401 g/mol. The van der Waals surface area contributed by atoms with Crippen molar-refractivity contribution < 1.29 is 17.6 Å². The van der Waals surface area contributed by atoms with Gasteiger partial charge in [0.15, 0.2) is 0 Å². The van der Waals surface area contributed by atoms with Crippen molar-refractivity contribution in [1.29, 1.82) is 0 Å². The van der Waals surface area contributed by atoms with Gasteiger partial charge in [-0.1, -0.05) is 13.8 Å². The lowest BCUT2D eigenvalue weighted by Crippen LogP contribution is -2.45. The fourth-order valence-electron chi connectivity index (χ4n) is 1.66. The molecule has 0 saturated carbocycles. The molecule has 0 fully saturated rings. The smallest absolute Gasteiger partial charge is 0.264 e. The van der Waals surface area contributed by atoms with Gasteiger partial charge in [0.2, 0.25) is 0 Å². The molecule has 1 rings (SSSR count). The maximum Gasteiger partial charge on any atom is 0.264 e. The molecular weight excluding hydrogens is 385 g/mol. The van der Waals surface area contributed by atoms with Crippen molar-refractivity contribution in [2.45, 2.75) is 44.0 Å². The molecule has 0 aliphatic rings. The van der Waals surface area contributed by atoms with Gasteiger partial charge in [-0.25, -0.2) is 12.8 Å². The summed E-state index contributed by atoms with van der Waals surface area (Å²) in [6.45, 7) is 5.73. The molecule has 0 aromatic heterocycles. The largest absolute Gasteiger partial charge is 0.347 e. The van der Waals surface area contributed by atoms with Crippen LogP contribution in [0.15, 0.2) is 21.5 Å². The number of halogens is 3. The molecule has 0 atom stereocenters. The van der Waals surface area contributed by atoms with E-state index in [0.717, 1.165) is 12.1 Å². The summed E-state index contributed by atoms with van der Waals surface area (Å²) < 4.78 is 36.4. The van der Waals surface area contributed by atoms with Crippen LogP contribution >= 0.6 is 26.6 Å². The summed E-state index contributed by atoms with van der Waals surface area (Å²) in [6.07, 6.45) is 1.41. The first-order valence-corrected chi connectivity index (χ1v) is 9.40. The zero-order valence-corrected chi connectivity index (χ0v) is 15.0. The second-order valence-corrected chi connectivity index (χ2v) is 8.31. The number of amides is 1. The van der Waals surface area contributed by atoms with E-state index in [1.54, 1.807) is 0 Å². The van der Waals surface area contributed by atoms with Gasteiger partial charge in [0.05, 0.1) is 5.56 Å². The molecule has 1 N–H and O–H groups in total. The van der Waals surface area contributed by atoms with Crippen LogP contribution in [0.3, 0.4) is 0 Å². The van der Waals surface area contributed by atoms with E-state index >= 15 is 0 Å². The van der Waals surface area contributed by atoms with Crippen LogP contribution in [0.25, 0.3) is 0 Å². The topological polar surface area (TPSA) is 63.2 Å². The van der Waals surface area contributed by atoms with Crippen LogP contribution in [0.5, 0.6) is 0 Å². The fourth-order valence-corrected chi connectivity index (χ4v) is 3.06. The van der Waals surface area contributed by atoms with E-state index < -0.39 is 31.2 Å². The molecule has 0 aliphatic heterocycles. The van der Waals surface area contributed by atoms with Gasteiger partial charge in [0.25, 0.3) is 15.0 Å². The number of hydrogen-bond acceptors (Lipinski definition) is 3. The van der Waals surface area contributed by atoms with Gasteiger partial charge in [-0.05, 0) is 47.8 Å². The number of nitrogens with one attached hydrogen (secondary N) is 1. The second kappa shape index (κ2) is 6.62. The van der Waals surface area contributed by atoms with Crippen LogP contribution in [0.4, 0.5) is 4.39 Å². The summed E-state index contributed by atoms with van der Waals surface area (Å²) >= 11 is 3.06. The van der Waals surface area contributed by atoms with Crippen LogP contribution in [-0.2, 0) is 9.05 Å². The zero-order valence-electron chi connectivity index (χ0n) is 11.8. The molecule has 0 saturated heterocycles. The molecular formula is C13H16BrClFNO3S. The van der Waals surface area contributed by atoms with E-state index in [9.17, 15) is 17.6 Å². The predicted octanol–water partition coefficient (Wildman–Crippen LogP) is 3.82. The Morgan fingerprint density at radius 3 is 2.33 bits per heavy atom. The third-order valence-corrected chi connectivity index (χ3v) is 5.50. The van der Waals surface area contributed by atoms with Crippen LogP contribution in [0, 0.1) is 5.82 Å². The Kier molecular flexibility index (Phi) is 5.80. The van der Waals surface area contributed by atoms with Crippen LogP contribution < -0.4 is 5.32 Å². The number of rotatable bonds is 5. The SMILES string of the molecule is CCC(C)(CC)NC(=O)c1cc(S(=O)(=O)Cl)c(F)cc1Br. The van der Waals surface area contributed by atoms with Crippen molar-refractivity contribution in [3.05, 3.63) is 28.0 Å². The lowest BCUT2D eigenvalue weighted by molar-refractivity contribution is 0.0900. The zero-order chi connectivity index (χ0) is 16.4.